The highest BCUT2D eigenvalue weighted by atomic mass is 35.5. The van der Waals surface area contributed by atoms with E-state index in [-0.39, 0.29) is 5.13 Å². The van der Waals surface area contributed by atoms with Gasteiger partial charge in [-0.25, -0.2) is 5.43 Å². The number of carbonyl (C=O) groups is 2. The summed E-state index contributed by atoms with van der Waals surface area (Å²) in [6, 6.07) is 23.9. The first kappa shape index (κ1) is 23.1. The quantitative estimate of drug-likeness (QED) is 0.224. The smallest absolute Gasteiger partial charge is 0.329 e. The van der Waals surface area contributed by atoms with Gasteiger partial charge in [-0.05, 0) is 35.4 Å². The van der Waals surface area contributed by atoms with Gasteiger partial charge in [-0.15, -0.1) is 10.2 Å². The molecule has 3 aromatic carbocycles. The number of nitrogens with zero attached hydrogens (tertiary/aromatic N) is 3. The number of amides is 2. The van der Waals surface area contributed by atoms with E-state index in [0.29, 0.717) is 28.0 Å². The highest BCUT2D eigenvalue weighted by Crippen LogP contribution is 2.25. The van der Waals surface area contributed by atoms with Crippen molar-refractivity contribution in [2.75, 3.05) is 5.32 Å². The van der Waals surface area contributed by atoms with Crippen molar-refractivity contribution in [1.82, 2.24) is 15.6 Å². The molecule has 8 nitrogen and oxygen atoms in total. The SMILES string of the molecule is O=C(N/N=C/c1cccc(OCc2ccc(Cl)cc2)c1)C(=O)Nc1nnc(-c2ccccc2)s1. The number of nitrogens with one attached hydrogen (secondary N) is 2. The normalized spacial score (nSPS) is 10.7. The number of anilines is 1. The summed E-state index contributed by atoms with van der Waals surface area (Å²) in [6.45, 7) is 0.381. The van der Waals surface area contributed by atoms with Crippen LogP contribution in [0.25, 0.3) is 10.6 Å². The number of halogens is 1. The van der Waals surface area contributed by atoms with Crippen LogP contribution in [0.4, 0.5) is 5.13 Å². The van der Waals surface area contributed by atoms with Crippen LogP contribution in [-0.4, -0.2) is 28.2 Å². The van der Waals surface area contributed by atoms with E-state index in [2.05, 4.69) is 26.0 Å². The lowest BCUT2D eigenvalue weighted by molar-refractivity contribution is -0.136. The number of carbonyl (C=O) groups excluding carboxylic acids is 2. The molecular weight excluding hydrogens is 474 g/mol. The van der Waals surface area contributed by atoms with Gasteiger partial charge < -0.3 is 4.74 Å². The third kappa shape index (κ3) is 6.47. The molecule has 0 aliphatic carbocycles. The Kier molecular flexibility index (Phi) is 7.59. The molecule has 10 heteroatoms. The maximum Gasteiger partial charge on any atom is 0.329 e. The predicted octanol–water partition coefficient (Wildman–Crippen LogP) is 4.53. The van der Waals surface area contributed by atoms with Gasteiger partial charge >= 0.3 is 11.8 Å². The zero-order valence-electron chi connectivity index (χ0n) is 17.6. The standard InChI is InChI=1S/C24H18ClN5O3S/c25-19-11-9-16(10-12-19)15-33-20-8-4-5-17(13-20)14-26-28-22(32)21(31)27-24-30-29-23(34-24)18-6-2-1-3-7-18/h1-14H,15H2,(H,28,32)(H,27,30,31)/b26-14+. The van der Waals surface area contributed by atoms with E-state index in [4.69, 9.17) is 16.3 Å². The lowest BCUT2D eigenvalue weighted by atomic mass is 10.2. The molecule has 0 unspecified atom stereocenters. The van der Waals surface area contributed by atoms with Crippen LogP contribution in [-0.2, 0) is 16.2 Å². The van der Waals surface area contributed by atoms with E-state index in [9.17, 15) is 9.59 Å². The summed E-state index contributed by atoms with van der Waals surface area (Å²) in [4.78, 5) is 24.2. The van der Waals surface area contributed by atoms with Crippen LogP contribution >= 0.6 is 22.9 Å². The molecule has 170 valence electrons. The van der Waals surface area contributed by atoms with Gasteiger partial charge in [0.15, 0.2) is 0 Å². The van der Waals surface area contributed by atoms with Crippen molar-refractivity contribution in [2.45, 2.75) is 6.61 Å². The molecule has 0 aliphatic heterocycles. The summed E-state index contributed by atoms with van der Waals surface area (Å²) in [5, 5.41) is 15.7. The van der Waals surface area contributed by atoms with Crippen molar-refractivity contribution in [3.8, 4) is 16.3 Å². The Hall–Kier alpha value is -4.08. The summed E-state index contributed by atoms with van der Waals surface area (Å²) in [6.07, 6.45) is 1.42. The van der Waals surface area contributed by atoms with Gasteiger partial charge in [0.25, 0.3) is 0 Å². The molecule has 2 N–H and O–H groups in total. The average molecular weight is 492 g/mol. The molecule has 4 aromatic rings. The van der Waals surface area contributed by atoms with Crippen LogP contribution in [0.5, 0.6) is 5.75 Å². The fourth-order valence-electron chi connectivity index (χ4n) is 2.77. The first-order chi connectivity index (χ1) is 16.6. The van der Waals surface area contributed by atoms with Crippen LogP contribution in [0.1, 0.15) is 11.1 Å². The van der Waals surface area contributed by atoms with Gasteiger partial charge in [0.05, 0.1) is 6.21 Å². The number of benzene rings is 3. The Morgan fingerprint density at radius 1 is 0.971 bits per heavy atom. The molecular formula is C24H18ClN5O3S. The summed E-state index contributed by atoms with van der Waals surface area (Å²) >= 11 is 7.05. The molecule has 0 radical (unpaired) electrons. The van der Waals surface area contributed by atoms with E-state index in [0.717, 1.165) is 22.5 Å². The zero-order chi connectivity index (χ0) is 23.8. The summed E-state index contributed by atoms with van der Waals surface area (Å²) in [5.74, 6) is -1.19. The molecule has 1 aromatic heterocycles. The predicted molar refractivity (Wildman–Crippen MR) is 132 cm³/mol. The van der Waals surface area contributed by atoms with Crippen LogP contribution in [0, 0.1) is 0 Å². The molecule has 4 rings (SSSR count). The van der Waals surface area contributed by atoms with E-state index in [1.807, 2.05) is 48.5 Å². The van der Waals surface area contributed by atoms with Gasteiger partial charge in [0.1, 0.15) is 17.4 Å². The second kappa shape index (κ2) is 11.2. The van der Waals surface area contributed by atoms with Gasteiger partial charge in [0.2, 0.25) is 5.13 Å². The molecule has 1 heterocycles. The second-order valence-electron chi connectivity index (χ2n) is 6.92. The Balaban J connectivity index is 1.28. The number of hydrazone groups is 1. The Bertz CT molecular complexity index is 1310. The Labute approximate surface area is 204 Å². The Morgan fingerprint density at radius 3 is 2.56 bits per heavy atom. The fraction of sp³-hybridized carbons (Fsp3) is 0.0417. The van der Waals surface area contributed by atoms with Gasteiger partial charge in [-0.2, -0.15) is 5.10 Å². The number of rotatable bonds is 7. The maximum atomic E-state index is 12.1. The number of aromatic nitrogens is 2. The van der Waals surface area contributed by atoms with E-state index in [1.165, 1.54) is 6.21 Å². The lowest BCUT2D eigenvalue weighted by Crippen LogP contribution is -2.32. The van der Waals surface area contributed by atoms with E-state index >= 15 is 0 Å². The van der Waals surface area contributed by atoms with Crippen LogP contribution < -0.4 is 15.5 Å². The molecule has 0 fully saturated rings. The van der Waals surface area contributed by atoms with E-state index < -0.39 is 11.8 Å². The summed E-state index contributed by atoms with van der Waals surface area (Å²) in [5.41, 5.74) is 4.73. The van der Waals surface area contributed by atoms with Gasteiger partial charge in [-0.3, -0.25) is 14.9 Å². The van der Waals surface area contributed by atoms with Crippen molar-refractivity contribution >= 4 is 46.1 Å². The number of hydrogen-bond acceptors (Lipinski definition) is 7. The fourth-order valence-corrected chi connectivity index (χ4v) is 3.64. The lowest BCUT2D eigenvalue weighted by Gasteiger charge is -2.07. The third-order valence-electron chi connectivity index (χ3n) is 4.43. The van der Waals surface area contributed by atoms with Gasteiger partial charge in [-0.1, -0.05) is 77.5 Å². The third-order valence-corrected chi connectivity index (χ3v) is 5.57. The van der Waals surface area contributed by atoms with Crippen LogP contribution in [0.3, 0.4) is 0 Å². The number of hydrogen-bond donors (Lipinski definition) is 2. The van der Waals surface area contributed by atoms with Crippen molar-refractivity contribution in [3.05, 3.63) is 95.0 Å². The van der Waals surface area contributed by atoms with Crippen LogP contribution in [0.2, 0.25) is 5.02 Å². The first-order valence-corrected chi connectivity index (χ1v) is 11.3. The molecule has 34 heavy (non-hydrogen) atoms. The number of ether oxygens (including phenoxy) is 1. The molecule has 0 saturated heterocycles. The topological polar surface area (TPSA) is 106 Å². The minimum atomic E-state index is -0.928. The highest BCUT2D eigenvalue weighted by Gasteiger charge is 2.16. The maximum absolute atomic E-state index is 12.1. The molecule has 0 spiro atoms. The largest absolute Gasteiger partial charge is 0.489 e. The van der Waals surface area contributed by atoms with Crippen molar-refractivity contribution < 1.29 is 14.3 Å². The zero-order valence-corrected chi connectivity index (χ0v) is 19.2. The molecule has 0 atom stereocenters. The van der Waals surface area contributed by atoms with E-state index in [1.54, 1.807) is 30.3 Å². The van der Waals surface area contributed by atoms with Crippen molar-refractivity contribution in [3.63, 3.8) is 0 Å². The molecule has 0 bridgehead atoms. The first-order valence-electron chi connectivity index (χ1n) is 10.1. The van der Waals surface area contributed by atoms with Gasteiger partial charge in [0, 0.05) is 10.6 Å². The minimum Gasteiger partial charge on any atom is -0.489 e. The molecule has 0 saturated carbocycles. The molecule has 0 aliphatic rings. The average Bonchev–Trinajstić information content (AvgIpc) is 3.33. The summed E-state index contributed by atoms with van der Waals surface area (Å²) < 4.78 is 5.77. The molecule has 2 amide bonds. The van der Waals surface area contributed by atoms with Crippen LogP contribution in [0.15, 0.2) is 84.0 Å². The highest BCUT2D eigenvalue weighted by molar-refractivity contribution is 7.18. The minimum absolute atomic E-state index is 0.216. The van der Waals surface area contributed by atoms with Crippen molar-refractivity contribution in [2.24, 2.45) is 5.10 Å². The Morgan fingerprint density at radius 2 is 1.76 bits per heavy atom. The monoisotopic (exact) mass is 491 g/mol. The second-order valence-corrected chi connectivity index (χ2v) is 8.33. The summed E-state index contributed by atoms with van der Waals surface area (Å²) in [7, 11) is 0. The van der Waals surface area contributed by atoms with Crippen molar-refractivity contribution in [1.29, 1.82) is 0 Å².